The molecule has 1 aliphatic heterocycles. The number of ketones is 1. The van der Waals surface area contributed by atoms with E-state index in [-0.39, 0.29) is 11.3 Å². The van der Waals surface area contributed by atoms with Gasteiger partial charge in [-0.15, -0.1) is 0 Å². The number of para-hydroxylation sites is 1. The Balaban J connectivity index is 1.79. The molecule has 1 atom stereocenters. The fourth-order valence-electron chi connectivity index (χ4n) is 4.70. The maximum atomic E-state index is 13.8. The second kappa shape index (κ2) is 9.00. The Labute approximate surface area is 206 Å². The third kappa shape index (κ3) is 3.78. The summed E-state index contributed by atoms with van der Waals surface area (Å²) < 4.78 is 13.3. The fraction of sp³-hybridized carbons (Fsp3) is 0.179. The van der Waals surface area contributed by atoms with Crippen LogP contribution in [0.15, 0.2) is 81.7 Å². The first kappa shape index (κ1) is 22.8. The Hall–Kier alpha value is -3.97. The number of hydrogen-bond acceptors (Lipinski definition) is 6. The molecule has 6 nitrogen and oxygen atoms in total. The van der Waals surface area contributed by atoms with Crippen LogP contribution in [-0.2, 0) is 4.79 Å². The molecule has 0 saturated heterocycles. The summed E-state index contributed by atoms with van der Waals surface area (Å²) in [6, 6.07) is 18.6. The van der Waals surface area contributed by atoms with E-state index in [1.807, 2.05) is 73.7 Å². The Bertz CT molecular complexity index is 1690. The Morgan fingerprint density at radius 2 is 1.66 bits per heavy atom. The standard InChI is InChI=1S/C28H24N2O4S/c1-16-25(17(2)31)26(21-11-7-8-12-22(21)33-3)30-27(32)24(35-28(30)29-16)15-18-13-14-23(34-4)20-10-6-5-9-19(18)20/h5-15,26H,1-4H3/b24-15-. The van der Waals surface area contributed by atoms with Crippen LogP contribution >= 0.6 is 11.3 Å². The lowest BCUT2D eigenvalue weighted by Gasteiger charge is -2.25. The third-order valence-electron chi connectivity index (χ3n) is 6.26. The fourth-order valence-corrected chi connectivity index (χ4v) is 5.73. The molecule has 4 aromatic rings. The summed E-state index contributed by atoms with van der Waals surface area (Å²) in [5, 5.41) is 1.96. The highest BCUT2D eigenvalue weighted by molar-refractivity contribution is 7.07. The summed E-state index contributed by atoms with van der Waals surface area (Å²) in [6.45, 7) is 3.32. The number of thiazole rings is 1. The zero-order chi connectivity index (χ0) is 24.7. The van der Waals surface area contributed by atoms with Crippen LogP contribution in [0, 0.1) is 0 Å². The van der Waals surface area contributed by atoms with Gasteiger partial charge in [-0.3, -0.25) is 14.2 Å². The summed E-state index contributed by atoms with van der Waals surface area (Å²) in [6.07, 6.45) is 1.89. The molecule has 1 aliphatic rings. The number of carbonyl (C=O) groups excluding carboxylic acids is 1. The maximum Gasteiger partial charge on any atom is 0.271 e. The third-order valence-corrected chi connectivity index (χ3v) is 7.24. The lowest BCUT2D eigenvalue weighted by molar-refractivity contribution is -0.114. The molecule has 0 N–H and O–H groups in total. The monoisotopic (exact) mass is 484 g/mol. The number of Topliss-reactive ketones (excluding diaryl/α,β-unsaturated/α-hetero) is 1. The van der Waals surface area contributed by atoms with Crippen LogP contribution in [0.1, 0.15) is 31.0 Å². The van der Waals surface area contributed by atoms with Gasteiger partial charge in [0.05, 0.1) is 24.8 Å². The van der Waals surface area contributed by atoms with Crippen molar-refractivity contribution >= 4 is 34.0 Å². The lowest BCUT2D eigenvalue weighted by Crippen LogP contribution is -2.39. The quantitative estimate of drug-likeness (QED) is 0.430. The van der Waals surface area contributed by atoms with Gasteiger partial charge < -0.3 is 9.47 Å². The van der Waals surface area contributed by atoms with Crippen molar-refractivity contribution in [3.8, 4) is 11.5 Å². The molecule has 35 heavy (non-hydrogen) atoms. The lowest BCUT2D eigenvalue weighted by atomic mass is 9.93. The minimum Gasteiger partial charge on any atom is -0.496 e. The zero-order valence-electron chi connectivity index (χ0n) is 19.9. The minimum absolute atomic E-state index is 0.127. The molecule has 176 valence electrons. The predicted octanol–water partition coefficient (Wildman–Crippen LogP) is 3.99. The molecule has 2 heterocycles. The van der Waals surface area contributed by atoms with Crippen molar-refractivity contribution in [2.45, 2.75) is 19.9 Å². The van der Waals surface area contributed by atoms with Crippen LogP contribution in [0.4, 0.5) is 0 Å². The number of nitrogens with zero attached hydrogens (tertiary/aromatic N) is 2. The van der Waals surface area contributed by atoms with Gasteiger partial charge in [-0.1, -0.05) is 59.9 Å². The van der Waals surface area contributed by atoms with Crippen molar-refractivity contribution in [3.05, 3.63) is 103 Å². The second-order valence-corrected chi connectivity index (χ2v) is 9.29. The average Bonchev–Trinajstić information content (AvgIpc) is 3.17. The predicted molar refractivity (Wildman–Crippen MR) is 138 cm³/mol. The number of fused-ring (bicyclic) bond motifs is 2. The van der Waals surface area contributed by atoms with Crippen LogP contribution in [0.2, 0.25) is 0 Å². The van der Waals surface area contributed by atoms with E-state index in [4.69, 9.17) is 9.47 Å². The number of rotatable bonds is 5. The molecular weight excluding hydrogens is 460 g/mol. The largest absolute Gasteiger partial charge is 0.496 e. The molecule has 3 aromatic carbocycles. The van der Waals surface area contributed by atoms with Crippen LogP contribution in [0.5, 0.6) is 11.5 Å². The Morgan fingerprint density at radius 1 is 0.971 bits per heavy atom. The van der Waals surface area contributed by atoms with E-state index < -0.39 is 6.04 Å². The minimum atomic E-state index is -0.616. The van der Waals surface area contributed by atoms with Crippen molar-refractivity contribution in [1.29, 1.82) is 0 Å². The highest BCUT2D eigenvalue weighted by atomic mass is 32.1. The van der Waals surface area contributed by atoms with E-state index in [2.05, 4.69) is 4.99 Å². The summed E-state index contributed by atoms with van der Waals surface area (Å²) in [7, 11) is 3.23. The maximum absolute atomic E-state index is 13.8. The topological polar surface area (TPSA) is 69.9 Å². The van der Waals surface area contributed by atoms with Crippen molar-refractivity contribution in [3.63, 3.8) is 0 Å². The number of ether oxygens (including phenoxy) is 2. The highest BCUT2D eigenvalue weighted by Gasteiger charge is 2.32. The van der Waals surface area contributed by atoms with Crippen LogP contribution < -0.4 is 24.4 Å². The van der Waals surface area contributed by atoms with E-state index in [1.54, 1.807) is 18.8 Å². The first-order valence-electron chi connectivity index (χ1n) is 11.2. The Morgan fingerprint density at radius 3 is 2.37 bits per heavy atom. The van der Waals surface area contributed by atoms with Gasteiger partial charge in [-0.25, -0.2) is 4.99 Å². The molecular formula is C28H24N2O4S. The first-order valence-corrected chi connectivity index (χ1v) is 12.0. The first-order chi connectivity index (χ1) is 16.9. The van der Waals surface area contributed by atoms with Crippen molar-refractivity contribution in [2.75, 3.05) is 14.2 Å². The number of carbonyl (C=O) groups is 1. The van der Waals surface area contributed by atoms with Gasteiger partial charge in [0, 0.05) is 22.2 Å². The average molecular weight is 485 g/mol. The summed E-state index contributed by atoms with van der Waals surface area (Å²) in [4.78, 5) is 31.8. The van der Waals surface area contributed by atoms with E-state index in [9.17, 15) is 9.59 Å². The molecule has 1 unspecified atom stereocenters. The number of aromatic nitrogens is 1. The summed E-state index contributed by atoms with van der Waals surface area (Å²) >= 11 is 1.32. The van der Waals surface area contributed by atoms with Crippen LogP contribution in [-0.4, -0.2) is 24.6 Å². The summed E-state index contributed by atoms with van der Waals surface area (Å²) in [5.74, 6) is 1.26. The molecule has 0 bridgehead atoms. The van der Waals surface area contributed by atoms with Crippen LogP contribution in [0.3, 0.4) is 0 Å². The molecule has 0 aliphatic carbocycles. The number of methoxy groups -OCH3 is 2. The van der Waals surface area contributed by atoms with Crippen molar-refractivity contribution in [1.82, 2.24) is 4.57 Å². The van der Waals surface area contributed by atoms with Gasteiger partial charge in [-0.05, 0) is 43.0 Å². The van der Waals surface area contributed by atoms with Gasteiger partial charge in [0.25, 0.3) is 5.56 Å². The number of hydrogen-bond donors (Lipinski definition) is 0. The molecule has 0 radical (unpaired) electrons. The molecule has 1 aromatic heterocycles. The molecule has 5 rings (SSSR count). The van der Waals surface area contributed by atoms with E-state index >= 15 is 0 Å². The molecule has 0 saturated carbocycles. The highest BCUT2D eigenvalue weighted by Crippen LogP contribution is 2.35. The van der Waals surface area contributed by atoms with Crippen LogP contribution in [0.25, 0.3) is 16.8 Å². The molecule has 7 heteroatoms. The van der Waals surface area contributed by atoms with Gasteiger partial charge in [-0.2, -0.15) is 0 Å². The smallest absolute Gasteiger partial charge is 0.271 e. The second-order valence-electron chi connectivity index (χ2n) is 8.28. The van der Waals surface area contributed by atoms with E-state index in [1.165, 1.54) is 18.3 Å². The van der Waals surface area contributed by atoms with Gasteiger partial charge in [0.1, 0.15) is 11.5 Å². The van der Waals surface area contributed by atoms with E-state index in [0.717, 1.165) is 27.6 Å². The van der Waals surface area contributed by atoms with E-state index in [0.29, 0.717) is 26.4 Å². The molecule has 0 spiro atoms. The molecule has 0 fully saturated rings. The number of allylic oxidation sites excluding steroid dienone is 2. The van der Waals surface area contributed by atoms with Gasteiger partial charge in [0.2, 0.25) is 0 Å². The normalized spacial score (nSPS) is 15.7. The number of benzene rings is 3. The van der Waals surface area contributed by atoms with Crippen molar-refractivity contribution in [2.24, 2.45) is 4.99 Å². The SMILES string of the molecule is COc1ccccc1C1C(C(C)=O)=C(C)N=c2s/c(=C\c3ccc(OC)c4ccccc34)c(=O)n21. The Kier molecular flexibility index (Phi) is 5.86. The van der Waals surface area contributed by atoms with Gasteiger partial charge >= 0.3 is 0 Å². The zero-order valence-corrected chi connectivity index (χ0v) is 20.7. The van der Waals surface area contributed by atoms with Crippen molar-refractivity contribution < 1.29 is 14.3 Å². The van der Waals surface area contributed by atoms with Gasteiger partial charge in [0.15, 0.2) is 10.6 Å². The summed E-state index contributed by atoms with van der Waals surface area (Å²) in [5.41, 5.74) is 2.55. The molecule has 0 amide bonds.